The highest BCUT2D eigenvalue weighted by atomic mass is 19.3. The number of hydrogen-bond acceptors (Lipinski definition) is 4. The number of carbonyl (C=O) groups is 2. The van der Waals surface area contributed by atoms with E-state index in [0.717, 1.165) is 16.0 Å². The lowest BCUT2D eigenvalue weighted by Crippen LogP contribution is -2.41. The fourth-order valence-corrected chi connectivity index (χ4v) is 2.89. The van der Waals surface area contributed by atoms with Crippen LogP contribution in [0.15, 0.2) is 72.3 Å². The van der Waals surface area contributed by atoms with Crippen LogP contribution in [0.1, 0.15) is 17.5 Å². The Hall–Kier alpha value is -3.22. The second-order valence-electron chi connectivity index (χ2n) is 6.35. The zero-order valence-corrected chi connectivity index (χ0v) is 15.0. The molecule has 2 aromatic rings. The van der Waals surface area contributed by atoms with Gasteiger partial charge in [0.25, 0.3) is 6.08 Å². The Morgan fingerprint density at radius 2 is 1.43 bits per heavy atom. The molecule has 2 aromatic carbocycles. The summed E-state index contributed by atoms with van der Waals surface area (Å²) in [4.78, 5) is 25.8. The maximum absolute atomic E-state index is 13.1. The first-order valence-electron chi connectivity index (χ1n) is 8.75. The lowest BCUT2D eigenvalue weighted by molar-refractivity contribution is -0.149. The highest BCUT2D eigenvalue weighted by Crippen LogP contribution is 2.28. The summed E-state index contributed by atoms with van der Waals surface area (Å²) in [5.41, 5.74) is 1.25. The van der Waals surface area contributed by atoms with Crippen molar-refractivity contribution in [3.05, 3.63) is 83.4 Å². The molecule has 0 N–H and O–H groups in total. The van der Waals surface area contributed by atoms with Crippen molar-refractivity contribution in [2.45, 2.75) is 25.7 Å². The van der Waals surface area contributed by atoms with Gasteiger partial charge in [-0.3, -0.25) is 4.90 Å². The Kier molecular flexibility index (Phi) is 6.37. The lowest BCUT2D eigenvalue weighted by Gasteiger charge is -2.22. The summed E-state index contributed by atoms with van der Waals surface area (Å²) in [6.45, 7) is -0.375. The van der Waals surface area contributed by atoms with Crippen molar-refractivity contribution < 1.29 is 27.8 Å². The van der Waals surface area contributed by atoms with E-state index in [9.17, 15) is 18.4 Å². The predicted octanol–water partition coefficient (Wildman–Crippen LogP) is 4.29. The average molecular weight is 387 g/mol. The van der Waals surface area contributed by atoms with Crippen molar-refractivity contribution in [2.75, 3.05) is 6.54 Å². The minimum Gasteiger partial charge on any atom is -0.459 e. The van der Waals surface area contributed by atoms with Crippen LogP contribution < -0.4 is 0 Å². The molecule has 5 nitrogen and oxygen atoms in total. The van der Waals surface area contributed by atoms with Crippen LogP contribution in [-0.2, 0) is 27.5 Å². The van der Waals surface area contributed by atoms with Crippen LogP contribution in [0.25, 0.3) is 0 Å². The summed E-state index contributed by atoms with van der Waals surface area (Å²) in [6.07, 6.45) is -2.99. The normalized spacial score (nSPS) is 16.0. The molecular weight excluding hydrogens is 368 g/mol. The van der Waals surface area contributed by atoms with Crippen LogP contribution in [0, 0.1) is 0 Å². The van der Waals surface area contributed by atoms with Crippen LogP contribution in [0.3, 0.4) is 0 Å². The summed E-state index contributed by atoms with van der Waals surface area (Å²) in [5.74, 6) is -0.739. The summed E-state index contributed by atoms with van der Waals surface area (Å²) in [7, 11) is 0. The summed E-state index contributed by atoms with van der Waals surface area (Å²) < 4.78 is 36.5. The number of amides is 1. The molecule has 28 heavy (non-hydrogen) atoms. The van der Waals surface area contributed by atoms with Gasteiger partial charge in [0.1, 0.15) is 19.3 Å². The summed E-state index contributed by atoms with van der Waals surface area (Å²) in [6, 6.07) is 16.8. The van der Waals surface area contributed by atoms with Crippen molar-refractivity contribution in [1.29, 1.82) is 0 Å². The van der Waals surface area contributed by atoms with Gasteiger partial charge >= 0.3 is 12.1 Å². The van der Waals surface area contributed by atoms with Crippen LogP contribution in [0.4, 0.5) is 13.6 Å². The first-order chi connectivity index (χ1) is 13.5. The first kappa shape index (κ1) is 19.5. The second kappa shape index (κ2) is 9.12. The van der Waals surface area contributed by atoms with Crippen molar-refractivity contribution in [1.82, 2.24) is 4.90 Å². The molecule has 0 aromatic heterocycles. The minimum absolute atomic E-state index is 0.000229. The molecule has 1 aliphatic heterocycles. The van der Waals surface area contributed by atoms with Crippen molar-refractivity contribution in [3.8, 4) is 0 Å². The number of benzene rings is 2. The molecule has 1 aliphatic rings. The zero-order chi connectivity index (χ0) is 19.9. The third-order valence-corrected chi connectivity index (χ3v) is 4.38. The van der Waals surface area contributed by atoms with E-state index in [2.05, 4.69) is 0 Å². The summed E-state index contributed by atoms with van der Waals surface area (Å²) >= 11 is 0. The van der Waals surface area contributed by atoms with Gasteiger partial charge in [-0.1, -0.05) is 60.7 Å². The molecule has 146 valence electrons. The average Bonchev–Trinajstić information content (AvgIpc) is 3.18. The van der Waals surface area contributed by atoms with E-state index < -0.39 is 24.2 Å². The van der Waals surface area contributed by atoms with Gasteiger partial charge in [0.2, 0.25) is 0 Å². The number of nitrogens with zero attached hydrogens (tertiary/aromatic N) is 1. The standard InChI is InChI=1S/C21H19F2NO4/c22-19(23)17-11-18(20(25)27-13-15-7-3-1-4-8-15)24(12-17)21(26)28-14-16-9-5-2-6-10-16/h1-10,18H,11-14H2/t18-/m1/s1. The fourth-order valence-electron chi connectivity index (χ4n) is 2.89. The second-order valence-corrected chi connectivity index (χ2v) is 6.35. The minimum atomic E-state index is -1.89. The highest BCUT2D eigenvalue weighted by molar-refractivity contribution is 5.83. The molecule has 0 spiro atoms. The molecule has 1 fully saturated rings. The summed E-state index contributed by atoms with van der Waals surface area (Å²) in [5, 5.41) is 0. The van der Waals surface area contributed by atoms with Crippen molar-refractivity contribution >= 4 is 12.1 Å². The van der Waals surface area contributed by atoms with E-state index in [4.69, 9.17) is 9.47 Å². The maximum Gasteiger partial charge on any atom is 0.411 e. The highest BCUT2D eigenvalue weighted by Gasteiger charge is 2.40. The van der Waals surface area contributed by atoms with Crippen molar-refractivity contribution in [2.24, 2.45) is 0 Å². The maximum atomic E-state index is 13.1. The van der Waals surface area contributed by atoms with E-state index >= 15 is 0 Å². The molecule has 0 bridgehead atoms. The molecule has 1 amide bonds. The van der Waals surface area contributed by atoms with Gasteiger partial charge in [-0.25, -0.2) is 9.59 Å². The molecule has 0 radical (unpaired) electrons. The molecule has 0 saturated carbocycles. The smallest absolute Gasteiger partial charge is 0.411 e. The van der Waals surface area contributed by atoms with E-state index in [-0.39, 0.29) is 31.8 Å². The Labute approximate surface area is 161 Å². The Morgan fingerprint density at radius 3 is 1.96 bits per heavy atom. The van der Waals surface area contributed by atoms with Gasteiger partial charge in [-0.15, -0.1) is 0 Å². The topological polar surface area (TPSA) is 55.8 Å². The number of rotatable bonds is 5. The van der Waals surface area contributed by atoms with E-state index in [1.165, 1.54) is 0 Å². The Balaban J connectivity index is 1.65. The number of carbonyl (C=O) groups excluding carboxylic acids is 2. The Morgan fingerprint density at radius 1 is 0.893 bits per heavy atom. The van der Waals surface area contributed by atoms with Gasteiger partial charge < -0.3 is 9.47 Å². The largest absolute Gasteiger partial charge is 0.459 e. The number of ether oxygens (including phenoxy) is 2. The van der Waals surface area contributed by atoms with Gasteiger partial charge in [0, 0.05) is 12.0 Å². The monoisotopic (exact) mass is 387 g/mol. The van der Waals surface area contributed by atoms with Gasteiger partial charge in [0.05, 0.1) is 6.54 Å². The molecular formula is C21H19F2NO4. The molecule has 1 saturated heterocycles. The SMILES string of the molecule is O=C(OCc1ccccc1)[C@H]1CC(=C(F)F)CN1C(=O)OCc1ccccc1. The Bertz CT molecular complexity index is 786. The molecule has 3 rings (SSSR count). The zero-order valence-electron chi connectivity index (χ0n) is 15.0. The molecule has 0 aliphatic carbocycles. The third kappa shape index (κ3) is 4.94. The van der Waals surface area contributed by atoms with Crippen LogP contribution >= 0.6 is 0 Å². The number of hydrogen-bond donors (Lipinski definition) is 0. The molecule has 1 atom stereocenters. The number of likely N-dealkylation sites (tertiary alicyclic amines) is 1. The predicted molar refractivity (Wildman–Crippen MR) is 97.2 cm³/mol. The van der Waals surface area contributed by atoms with E-state index in [1.807, 2.05) is 12.1 Å². The molecule has 7 heteroatoms. The number of esters is 1. The van der Waals surface area contributed by atoms with E-state index in [1.54, 1.807) is 48.5 Å². The van der Waals surface area contributed by atoms with Crippen LogP contribution in [-0.4, -0.2) is 29.5 Å². The van der Waals surface area contributed by atoms with Gasteiger partial charge in [-0.2, -0.15) is 8.78 Å². The number of halogens is 2. The lowest BCUT2D eigenvalue weighted by atomic mass is 10.2. The fraction of sp³-hybridized carbons (Fsp3) is 0.238. The van der Waals surface area contributed by atoms with Crippen LogP contribution in [0.5, 0.6) is 0 Å². The van der Waals surface area contributed by atoms with Crippen LogP contribution in [0.2, 0.25) is 0 Å². The van der Waals surface area contributed by atoms with Gasteiger partial charge in [-0.05, 0) is 11.1 Å². The molecule has 1 heterocycles. The van der Waals surface area contributed by atoms with Crippen molar-refractivity contribution in [3.63, 3.8) is 0 Å². The van der Waals surface area contributed by atoms with Gasteiger partial charge in [0.15, 0.2) is 0 Å². The first-order valence-corrected chi connectivity index (χ1v) is 8.75. The quantitative estimate of drug-likeness (QED) is 0.718. The molecule has 0 unspecified atom stereocenters. The van der Waals surface area contributed by atoms with E-state index in [0.29, 0.717) is 0 Å². The third-order valence-electron chi connectivity index (χ3n) is 4.38.